The fourth-order valence-electron chi connectivity index (χ4n) is 4.36. The number of pyridine rings is 1. The number of rotatable bonds is 8. The number of carbonyl (C=O) groups is 1. The maximum absolute atomic E-state index is 13.0. The minimum absolute atomic E-state index is 0.307. The number of carbonyl (C=O) groups excluding carboxylic acids is 1. The van der Waals surface area contributed by atoms with Gasteiger partial charge in [-0.15, -0.1) is 5.10 Å². The van der Waals surface area contributed by atoms with Gasteiger partial charge in [-0.05, 0) is 57.2 Å². The van der Waals surface area contributed by atoms with Gasteiger partial charge in [0.15, 0.2) is 11.3 Å². The van der Waals surface area contributed by atoms with Gasteiger partial charge in [-0.1, -0.05) is 18.5 Å². The van der Waals surface area contributed by atoms with E-state index in [1.165, 1.54) is 0 Å². The number of anilines is 3. The molecule has 2 aliphatic carbocycles. The molecule has 10 heteroatoms. The maximum atomic E-state index is 13.0. The minimum atomic E-state index is -0.307. The molecule has 33 heavy (non-hydrogen) atoms. The molecule has 0 aromatic carbocycles. The van der Waals surface area contributed by atoms with E-state index in [4.69, 9.17) is 16.7 Å². The van der Waals surface area contributed by atoms with Crippen LogP contribution in [0, 0.1) is 0 Å². The molecule has 2 saturated carbocycles. The lowest BCUT2D eigenvalue weighted by molar-refractivity contribution is 0.102. The number of nitrogens with one attached hydrogen (secondary N) is 4. The van der Waals surface area contributed by atoms with E-state index in [9.17, 15) is 4.79 Å². The van der Waals surface area contributed by atoms with Crippen LogP contribution in [0.5, 0.6) is 0 Å². The predicted molar refractivity (Wildman–Crippen MR) is 130 cm³/mol. The van der Waals surface area contributed by atoms with Gasteiger partial charge >= 0.3 is 0 Å². The third-order valence-corrected chi connectivity index (χ3v) is 6.40. The number of imidazole rings is 1. The quantitative estimate of drug-likeness (QED) is 0.371. The SMILES string of the molecule is CCNC1CCC(Nc2cc(NC3CC3)c3ncc(C(=O)Nc4ccnc(Cl)c4)n3n2)CC1. The summed E-state index contributed by atoms with van der Waals surface area (Å²) in [4.78, 5) is 21.5. The molecule has 1 amide bonds. The highest BCUT2D eigenvalue weighted by Crippen LogP contribution is 2.30. The number of fused-ring (bicyclic) bond motifs is 1. The smallest absolute Gasteiger partial charge is 0.276 e. The van der Waals surface area contributed by atoms with E-state index in [2.05, 4.69) is 38.2 Å². The average molecular weight is 469 g/mol. The van der Waals surface area contributed by atoms with Gasteiger partial charge in [0.2, 0.25) is 0 Å². The fourth-order valence-corrected chi connectivity index (χ4v) is 4.54. The van der Waals surface area contributed by atoms with Gasteiger partial charge in [-0.2, -0.15) is 0 Å². The fraction of sp³-hybridized carbons (Fsp3) is 0.478. The predicted octanol–water partition coefficient (Wildman–Crippen LogP) is 3.94. The molecule has 0 spiro atoms. The molecule has 0 bridgehead atoms. The van der Waals surface area contributed by atoms with Crippen molar-refractivity contribution >= 4 is 40.3 Å². The van der Waals surface area contributed by atoms with E-state index in [0.717, 1.165) is 56.6 Å². The van der Waals surface area contributed by atoms with E-state index < -0.39 is 0 Å². The molecular weight excluding hydrogens is 440 g/mol. The maximum Gasteiger partial charge on any atom is 0.276 e. The average Bonchev–Trinajstić information content (AvgIpc) is 3.50. The molecule has 3 aromatic rings. The molecular formula is C23H29ClN8O. The zero-order chi connectivity index (χ0) is 22.8. The van der Waals surface area contributed by atoms with E-state index in [1.54, 1.807) is 29.0 Å². The van der Waals surface area contributed by atoms with Crippen LogP contribution in [-0.2, 0) is 0 Å². The minimum Gasteiger partial charge on any atom is -0.379 e. The summed E-state index contributed by atoms with van der Waals surface area (Å²) in [5.74, 6) is 0.439. The van der Waals surface area contributed by atoms with Crippen LogP contribution in [0.3, 0.4) is 0 Å². The Labute approximate surface area is 197 Å². The number of amides is 1. The van der Waals surface area contributed by atoms with Crippen LogP contribution in [0.4, 0.5) is 17.2 Å². The van der Waals surface area contributed by atoms with Crippen molar-refractivity contribution in [1.29, 1.82) is 0 Å². The summed E-state index contributed by atoms with van der Waals surface area (Å²) in [7, 11) is 0. The second kappa shape index (κ2) is 9.52. The first-order valence-electron chi connectivity index (χ1n) is 11.7. The molecule has 3 aromatic heterocycles. The van der Waals surface area contributed by atoms with Gasteiger partial charge in [0.05, 0.1) is 11.9 Å². The third-order valence-electron chi connectivity index (χ3n) is 6.19. The number of aromatic nitrogens is 4. The Bertz CT molecular complexity index is 1140. The molecule has 0 saturated heterocycles. The Kier molecular flexibility index (Phi) is 6.32. The van der Waals surface area contributed by atoms with Crippen LogP contribution in [0.2, 0.25) is 5.15 Å². The normalized spacial score (nSPS) is 20.5. The Morgan fingerprint density at radius 1 is 1.06 bits per heavy atom. The summed E-state index contributed by atoms with van der Waals surface area (Å²) in [5.41, 5.74) is 2.46. The van der Waals surface area contributed by atoms with Crippen LogP contribution < -0.4 is 21.3 Å². The van der Waals surface area contributed by atoms with Crippen LogP contribution >= 0.6 is 11.6 Å². The van der Waals surface area contributed by atoms with Crippen LogP contribution in [0.1, 0.15) is 55.9 Å². The van der Waals surface area contributed by atoms with Crippen LogP contribution in [-0.4, -0.2) is 50.2 Å². The molecule has 3 heterocycles. The van der Waals surface area contributed by atoms with Gasteiger partial charge < -0.3 is 21.3 Å². The summed E-state index contributed by atoms with van der Waals surface area (Å²) >= 11 is 5.95. The second-order valence-electron chi connectivity index (χ2n) is 8.81. The first kappa shape index (κ1) is 21.9. The standard InChI is InChI=1S/C23H29ClN8O/c1-2-25-14-3-5-16(6-4-14)29-21-12-18(28-15-7-8-15)22-27-13-19(32(22)31-21)23(33)30-17-9-10-26-20(24)11-17/h9-16,25,28H,2-8H2,1H3,(H,29,31)(H,26,30,33). The Hall–Kier alpha value is -2.91. The zero-order valence-corrected chi connectivity index (χ0v) is 19.4. The third kappa shape index (κ3) is 5.20. The van der Waals surface area contributed by atoms with Crippen molar-refractivity contribution in [2.75, 3.05) is 22.5 Å². The van der Waals surface area contributed by atoms with Gasteiger partial charge in [0.1, 0.15) is 11.0 Å². The monoisotopic (exact) mass is 468 g/mol. The first-order valence-corrected chi connectivity index (χ1v) is 12.0. The Balaban J connectivity index is 1.39. The summed E-state index contributed by atoms with van der Waals surface area (Å²) in [5, 5.41) is 18.6. The topological polar surface area (TPSA) is 108 Å². The molecule has 0 aliphatic heterocycles. The van der Waals surface area contributed by atoms with Crippen molar-refractivity contribution < 1.29 is 4.79 Å². The number of hydrogen-bond donors (Lipinski definition) is 4. The number of halogens is 1. The molecule has 5 rings (SSSR count). The summed E-state index contributed by atoms with van der Waals surface area (Å²) in [6.07, 6.45) is 9.86. The van der Waals surface area contributed by atoms with E-state index in [0.29, 0.717) is 40.3 Å². The molecule has 2 fully saturated rings. The second-order valence-corrected chi connectivity index (χ2v) is 9.20. The number of hydrogen-bond acceptors (Lipinski definition) is 7. The molecule has 9 nitrogen and oxygen atoms in total. The van der Waals surface area contributed by atoms with Crippen molar-refractivity contribution in [3.8, 4) is 0 Å². The molecule has 0 atom stereocenters. The van der Waals surface area contributed by atoms with Gasteiger partial charge in [-0.3, -0.25) is 4.79 Å². The lowest BCUT2D eigenvalue weighted by Crippen LogP contribution is -2.37. The van der Waals surface area contributed by atoms with Crippen molar-refractivity contribution in [2.45, 2.75) is 63.6 Å². The van der Waals surface area contributed by atoms with Crippen LogP contribution in [0.25, 0.3) is 5.65 Å². The Morgan fingerprint density at radius 3 is 2.52 bits per heavy atom. The summed E-state index contributed by atoms with van der Waals surface area (Å²) in [6.45, 7) is 3.16. The highest BCUT2D eigenvalue weighted by atomic mass is 35.5. The lowest BCUT2D eigenvalue weighted by atomic mass is 9.91. The molecule has 174 valence electrons. The van der Waals surface area contributed by atoms with Crippen LogP contribution in [0.15, 0.2) is 30.6 Å². The van der Waals surface area contributed by atoms with E-state index in [1.807, 2.05) is 6.07 Å². The summed E-state index contributed by atoms with van der Waals surface area (Å²) < 4.78 is 1.62. The van der Waals surface area contributed by atoms with Crippen molar-refractivity contribution in [3.05, 3.63) is 41.4 Å². The lowest BCUT2D eigenvalue weighted by Gasteiger charge is -2.30. The Morgan fingerprint density at radius 2 is 1.79 bits per heavy atom. The highest BCUT2D eigenvalue weighted by Gasteiger charge is 2.25. The van der Waals surface area contributed by atoms with Crippen molar-refractivity contribution in [3.63, 3.8) is 0 Å². The van der Waals surface area contributed by atoms with E-state index >= 15 is 0 Å². The molecule has 2 aliphatic rings. The largest absolute Gasteiger partial charge is 0.379 e. The van der Waals surface area contributed by atoms with Gasteiger partial charge in [0, 0.05) is 36.1 Å². The molecule has 0 radical (unpaired) electrons. The number of nitrogens with zero attached hydrogens (tertiary/aromatic N) is 4. The van der Waals surface area contributed by atoms with Gasteiger partial charge in [0.25, 0.3) is 5.91 Å². The van der Waals surface area contributed by atoms with E-state index in [-0.39, 0.29) is 5.91 Å². The first-order chi connectivity index (χ1) is 16.1. The molecule has 4 N–H and O–H groups in total. The van der Waals surface area contributed by atoms with Crippen molar-refractivity contribution in [1.82, 2.24) is 24.9 Å². The highest BCUT2D eigenvalue weighted by molar-refractivity contribution is 6.29. The van der Waals surface area contributed by atoms with Gasteiger partial charge in [-0.25, -0.2) is 14.5 Å². The summed E-state index contributed by atoms with van der Waals surface area (Å²) in [6, 6.07) is 6.72. The van der Waals surface area contributed by atoms with Crippen molar-refractivity contribution in [2.24, 2.45) is 0 Å². The molecule has 0 unspecified atom stereocenters. The zero-order valence-electron chi connectivity index (χ0n) is 18.6.